The van der Waals surface area contributed by atoms with E-state index in [4.69, 9.17) is 16.0 Å². The first-order valence-corrected chi connectivity index (χ1v) is 5.20. The average Bonchev–Trinajstić information content (AvgIpc) is 2.64. The minimum Gasteiger partial charge on any atom is -0.443 e. The molecule has 0 spiro atoms. The maximum absolute atomic E-state index is 6.02. The van der Waals surface area contributed by atoms with Crippen LogP contribution in [0.4, 0.5) is 0 Å². The van der Waals surface area contributed by atoms with Gasteiger partial charge in [0.25, 0.3) is 0 Å². The van der Waals surface area contributed by atoms with Crippen molar-refractivity contribution in [1.82, 2.24) is 4.98 Å². The van der Waals surface area contributed by atoms with Crippen LogP contribution in [0.5, 0.6) is 0 Å². The number of aryl methyl sites for hydroxylation is 1. The molecule has 4 heteroatoms. The van der Waals surface area contributed by atoms with Crippen LogP contribution in [0.15, 0.2) is 33.6 Å². The third-order valence-electron chi connectivity index (χ3n) is 1.95. The molecule has 1 aromatic heterocycles. The first kappa shape index (κ1) is 9.74. The fourth-order valence-corrected chi connectivity index (χ4v) is 2.00. The summed E-state index contributed by atoms with van der Waals surface area (Å²) in [6, 6.07) is 3.82. The Hall–Kier alpha value is -0.800. The summed E-state index contributed by atoms with van der Waals surface area (Å²) < 4.78 is 6.15. The van der Waals surface area contributed by atoms with Gasteiger partial charge in [0.05, 0.1) is 6.20 Å². The van der Waals surface area contributed by atoms with Gasteiger partial charge in [-0.1, -0.05) is 27.5 Å². The van der Waals surface area contributed by atoms with Gasteiger partial charge in [-0.2, -0.15) is 0 Å². The number of halogens is 2. The first-order chi connectivity index (χ1) is 6.68. The zero-order valence-electron chi connectivity index (χ0n) is 7.42. The summed E-state index contributed by atoms with van der Waals surface area (Å²) in [6.45, 7) is 1.96. The number of aromatic nitrogens is 1. The van der Waals surface area contributed by atoms with E-state index in [1.807, 2.05) is 19.1 Å². The number of rotatable bonds is 1. The van der Waals surface area contributed by atoms with E-state index in [-0.39, 0.29) is 0 Å². The van der Waals surface area contributed by atoms with Crippen LogP contribution >= 0.6 is 27.5 Å². The zero-order valence-corrected chi connectivity index (χ0v) is 9.76. The molecule has 0 radical (unpaired) electrons. The fourth-order valence-electron chi connectivity index (χ4n) is 1.18. The summed E-state index contributed by atoms with van der Waals surface area (Å²) in [5.41, 5.74) is 1.94. The Morgan fingerprint density at radius 1 is 1.43 bits per heavy atom. The van der Waals surface area contributed by atoms with E-state index in [9.17, 15) is 0 Å². The van der Waals surface area contributed by atoms with Crippen molar-refractivity contribution in [1.29, 1.82) is 0 Å². The SMILES string of the molecule is Cc1cc(Br)c(-c2cnco2)cc1Cl. The lowest BCUT2D eigenvalue weighted by Gasteiger charge is -2.03. The Bertz CT molecular complexity index is 453. The topological polar surface area (TPSA) is 26.0 Å². The quantitative estimate of drug-likeness (QED) is 0.782. The van der Waals surface area contributed by atoms with Crippen LogP contribution in [0.25, 0.3) is 11.3 Å². The first-order valence-electron chi connectivity index (χ1n) is 4.03. The zero-order chi connectivity index (χ0) is 10.1. The maximum atomic E-state index is 6.02. The van der Waals surface area contributed by atoms with Gasteiger partial charge in [-0.25, -0.2) is 4.98 Å². The Kier molecular flexibility index (Phi) is 2.61. The van der Waals surface area contributed by atoms with Crippen LogP contribution in [-0.2, 0) is 0 Å². The number of hydrogen-bond donors (Lipinski definition) is 0. The highest BCUT2D eigenvalue weighted by molar-refractivity contribution is 9.10. The summed E-state index contributed by atoms with van der Waals surface area (Å²) >= 11 is 9.48. The number of oxazole rings is 1. The molecule has 0 atom stereocenters. The van der Waals surface area contributed by atoms with Crippen LogP contribution < -0.4 is 0 Å². The Morgan fingerprint density at radius 2 is 2.21 bits per heavy atom. The van der Waals surface area contributed by atoms with Crippen molar-refractivity contribution in [3.05, 3.63) is 39.8 Å². The molecule has 14 heavy (non-hydrogen) atoms. The highest BCUT2D eigenvalue weighted by Crippen LogP contribution is 2.32. The van der Waals surface area contributed by atoms with E-state index in [0.29, 0.717) is 5.76 Å². The number of hydrogen-bond acceptors (Lipinski definition) is 2. The van der Waals surface area contributed by atoms with Crippen LogP contribution in [0.3, 0.4) is 0 Å². The van der Waals surface area contributed by atoms with E-state index < -0.39 is 0 Å². The van der Waals surface area contributed by atoms with E-state index in [2.05, 4.69) is 20.9 Å². The van der Waals surface area contributed by atoms with Gasteiger partial charge < -0.3 is 4.42 Å². The average molecular weight is 273 g/mol. The molecule has 2 aromatic rings. The summed E-state index contributed by atoms with van der Waals surface area (Å²) in [4.78, 5) is 3.86. The van der Waals surface area contributed by atoms with Crippen molar-refractivity contribution in [3.8, 4) is 11.3 Å². The lowest BCUT2D eigenvalue weighted by Crippen LogP contribution is -1.81. The van der Waals surface area contributed by atoms with Crippen molar-refractivity contribution in [2.24, 2.45) is 0 Å². The second-order valence-corrected chi connectivity index (χ2v) is 4.21. The molecule has 0 saturated heterocycles. The van der Waals surface area contributed by atoms with Crippen molar-refractivity contribution in [3.63, 3.8) is 0 Å². The molecular weight excluding hydrogens is 265 g/mol. The molecule has 0 aliphatic heterocycles. The molecule has 0 unspecified atom stereocenters. The summed E-state index contributed by atoms with van der Waals surface area (Å²) in [7, 11) is 0. The van der Waals surface area contributed by atoms with Gasteiger partial charge in [0.1, 0.15) is 0 Å². The van der Waals surface area contributed by atoms with Crippen molar-refractivity contribution in [2.45, 2.75) is 6.92 Å². The van der Waals surface area contributed by atoms with E-state index in [0.717, 1.165) is 20.6 Å². The van der Waals surface area contributed by atoms with Gasteiger partial charge in [-0.3, -0.25) is 0 Å². The minimum absolute atomic E-state index is 0.707. The second-order valence-electron chi connectivity index (χ2n) is 2.95. The molecular formula is C10H7BrClNO. The number of benzene rings is 1. The third-order valence-corrected chi connectivity index (χ3v) is 3.01. The standard InChI is InChI=1S/C10H7BrClNO/c1-6-2-8(11)7(3-9(6)12)10-4-13-5-14-10/h2-5H,1H3. The summed E-state index contributed by atoms with van der Waals surface area (Å²) in [5, 5.41) is 0.722. The Labute approximate surface area is 95.0 Å². The highest BCUT2D eigenvalue weighted by Gasteiger charge is 2.08. The van der Waals surface area contributed by atoms with E-state index in [1.54, 1.807) is 6.20 Å². The molecule has 0 bridgehead atoms. The van der Waals surface area contributed by atoms with Gasteiger partial charge in [-0.05, 0) is 24.6 Å². The molecule has 0 saturated carbocycles. The predicted octanol–water partition coefficient (Wildman–Crippen LogP) is 4.07. The fraction of sp³-hybridized carbons (Fsp3) is 0.100. The Balaban J connectivity index is 2.60. The van der Waals surface area contributed by atoms with Gasteiger partial charge in [-0.15, -0.1) is 0 Å². The number of nitrogens with zero attached hydrogens (tertiary/aromatic N) is 1. The molecule has 1 aromatic carbocycles. The predicted molar refractivity (Wildman–Crippen MR) is 59.4 cm³/mol. The van der Waals surface area contributed by atoms with Crippen LogP contribution in [-0.4, -0.2) is 4.98 Å². The molecule has 0 aliphatic rings. The van der Waals surface area contributed by atoms with Crippen molar-refractivity contribution >= 4 is 27.5 Å². The summed E-state index contributed by atoms with van der Waals surface area (Å²) in [6.07, 6.45) is 3.06. The van der Waals surface area contributed by atoms with Crippen LogP contribution in [0, 0.1) is 6.92 Å². The molecule has 72 valence electrons. The van der Waals surface area contributed by atoms with Gasteiger partial charge in [0.2, 0.25) is 0 Å². The smallest absolute Gasteiger partial charge is 0.181 e. The molecule has 0 aliphatic carbocycles. The molecule has 2 nitrogen and oxygen atoms in total. The van der Waals surface area contributed by atoms with E-state index in [1.165, 1.54) is 6.39 Å². The summed E-state index contributed by atoms with van der Waals surface area (Å²) in [5.74, 6) is 0.707. The normalized spacial score (nSPS) is 10.5. The van der Waals surface area contributed by atoms with Crippen LogP contribution in [0.2, 0.25) is 5.02 Å². The molecule has 0 fully saturated rings. The second kappa shape index (κ2) is 3.75. The van der Waals surface area contributed by atoms with Gasteiger partial charge in [0.15, 0.2) is 12.2 Å². The monoisotopic (exact) mass is 271 g/mol. The highest BCUT2D eigenvalue weighted by atomic mass is 79.9. The van der Waals surface area contributed by atoms with Gasteiger partial charge >= 0.3 is 0 Å². The molecule has 0 amide bonds. The molecule has 1 heterocycles. The largest absolute Gasteiger partial charge is 0.443 e. The molecule has 2 rings (SSSR count). The minimum atomic E-state index is 0.707. The Morgan fingerprint density at radius 3 is 2.86 bits per heavy atom. The van der Waals surface area contributed by atoms with Crippen LogP contribution in [0.1, 0.15) is 5.56 Å². The van der Waals surface area contributed by atoms with E-state index >= 15 is 0 Å². The third kappa shape index (κ3) is 1.70. The lowest BCUT2D eigenvalue weighted by molar-refractivity contribution is 0.571. The maximum Gasteiger partial charge on any atom is 0.181 e. The van der Waals surface area contributed by atoms with Crippen molar-refractivity contribution in [2.75, 3.05) is 0 Å². The molecule has 0 N–H and O–H groups in total. The van der Waals surface area contributed by atoms with Gasteiger partial charge in [0, 0.05) is 15.1 Å². The van der Waals surface area contributed by atoms with Crippen molar-refractivity contribution < 1.29 is 4.42 Å². The lowest BCUT2D eigenvalue weighted by atomic mass is 10.1.